The summed E-state index contributed by atoms with van der Waals surface area (Å²) in [5.41, 5.74) is 1.43. The van der Waals surface area contributed by atoms with Gasteiger partial charge in [0.05, 0.1) is 6.61 Å². The zero-order valence-electron chi connectivity index (χ0n) is 11.4. The minimum absolute atomic E-state index is 0.0538. The fraction of sp³-hybridized carbons (Fsp3) is 0.438. The molecule has 0 saturated heterocycles. The maximum absolute atomic E-state index is 11.9. The van der Waals surface area contributed by atoms with Gasteiger partial charge in [-0.15, -0.1) is 0 Å². The zero-order chi connectivity index (χ0) is 13.9. The number of hydrogen-bond donors (Lipinski definition) is 2. The lowest BCUT2D eigenvalue weighted by atomic mass is 10.1. The number of carbonyl (C=O) groups excluding carboxylic acids is 1. The monoisotopic (exact) mass is 259 g/mol. The summed E-state index contributed by atoms with van der Waals surface area (Å²) >= 11 is 0. The Balaban J connectivity index is 2.56. The summed E-state index contributed by atoms with van der Waals surface area (Å²) < 4.78 is 0. The van der Waals surface area contributed by atoms with E-state index in [1.54, 1.807) is 12.1 Å². The molecule has 1 rings (SSSR count). The third kappa shape index (κ3) is 6.08. The molecule has 3 heteroatoms. The average molecular weight is 259 g/mol. The van der Waals surface area contributed by atoms with Gasteiger partial charge in [-0.25, -0.2) is 0 Å². The standard InChI is InChI=1S/C16H21NO2/c1-2-3-5-11-17-16(19)15-10-7-9-14(13-15)8-4-6-12-18/h7,9-10,13,18H,2-3,5-6,11-12H2,1H3,(H,17,19). The third-order valence-electron chi connectivity index (χ3n) is 2.66. The fourth-order valence-electron chi connectivity index (χ4n) is 1.64. The number of aliphatic hydroxyl groups excluding tert-OH is 1. The Morgan fingerprint density at radius 3 is 2.95 bits per heavy atom. The second-order valence-electron chi connectivity index (χ2n) is 4.32. The van der Waals surface area contributed by atoms with Crippen molar-refractivity contribution in [3.63, 3.8) is 0 Å². The van der Waals surface area contributed by atoms with E-state index in [0.29, 0.717) is 18.5 Å². The summed E-state index contributed by atoms with van der Waals surface area (Å²) in [5, 5.41) is 11.6. The van der Waals surface area contributed by atoms with Crippen molar-refractivity contribution in [1.29, 1.82) is 0 Å². The number of benzene rings is 1. The summed E-state index contributed by atoms with van der Waals surface area (Å²) in [6, 6.07) is 7.24. The van der Waals surface area contributed by atoms with E-state index in [1.165, 1.54) is 0 Å². The Morgan fingerprint density at radius 2 is 2.21 bits per heavy atom. The minimum Gasteiger partial charge on any atom is -0.395 e. The quantitative estimate of drug-likeness (QED) is 0.608. The average Bonchev–Trinajstić information content (AvgIpc) is 2.44. The van der Waals surface area contributed by atoms with Crippen molar-refractivity contribution in [2.45, 2.75) is 32.6 Å². The Kier molecular flexibility index (Phi) is 7.38. The Morgan fingerprint density at radius 1 is 1.37 bits per heavy atom. The number of nitrogens with one attached hydrogen (secondary N) is 1. The van der Waals surface area contributed by atoms with Gasteiger partial charge in [-0.3, -0.25) is 4.79 Å². The van der Waals surface area contributed by atoms with Gasteiger partial charge in [-0.1, -0.05) is 37.7 Å². The van der Waals surface area contributed by atoms with Gasteiger partial charge in [0.1, 0.15) is 0 Å². The van der Waals surface area contributed by atoms with E-state index in [2.05, 4.69) is 24.1 Å². The van der Waals surface area contributed by atoms with Crippen LogP contribution in [0.1, 0.15) is 48.5 Å². The maximum Gasteiger partial charge on any atom is 0.251 e. The highest BCUT2D eigenvalue weighted by molar-refractivity contribution is 5.94. The van der Waals surface area contributed by atoms with Crippen molar-refractivity contribution in [2.75, 3.05) is 13.2 Å². The van der Waals surface area contributed by atoms with Crippen molar-refractivity contribution in [2.24, 2.45) is 0 Å². The highest BCUT2D eigenvalue weighted by Gasteiger charge is 2.04. The second kappa shape index (κ2) is 9.18. The summed E-state index contributed by atoms with van der Waals surface area (Å²) in [4.78, 5) is 11.9. The van der Waals surface area contributed by atoms with Gasteiger partial charge in [-0.2, -0.15) is 0 Å². The van der Waals surface area contributed by atoms with E-state index in [4.69, 9.17) is 5.11 Å². The first-order chi connectivity index (χ1) is 9.27. The molecular weight excluding hydrogens is 238 g/mol. The first kappa shape index (κ1) is 15.3. The van der Waals surface area contributed by atoms with Crippen LogP contribution in [0.5, 0.6) is 0 Å². The third-order valence-corrected chi connectivity index (χ3v) is 2.66. The van der Waals surface area contributed by atoms with Crippen LogP contribution in [0.2, 0.25) is 0 Å². The van der Waals surface area contributed by atoms with Gasteiger partial charge >= 0.3 is 0 Å². The number of rotatable bonds is 6. The minimum atomic E-state index is -0.0538. The van der Waals surface area contributed by atoms with E-state index in [1.807, 2.05) is 12.1 Å². The second-order valence-corrected chi connectivity index (χ2v) is 4.32. The normalized spacial score (nSPS) is 9.58. The molecule has 0 radical (unpaired) electrons. The van der Waals surface area contributed by atoms with Crippen LogP contribution in [0.4, 0.5) is 0 Å². The number of amides is 1. The van der Waals surface area contributed by atoms with Crippen LogP contribution in [0.3, 0.4) is 0 Å². The number of unbranched alkanes of at least 4 members (excludes halogenated alkanes) is 2. The Hall–Kier alpha value is -1.79. The van der Waals surface area contributed by atoms with E-state index in [0.717, 1.165) is 24.8 Å². The molecule has 102 valence electrons. The van der Waals surface area contributed by atoms with Crippen LogP contribution in [-0.4, -0.2) is 24.2 Å². The van der Waals surface area contributed by atoms with Gasteiger partial charge in [0.25, 0.3) is 5.91 Å². The van der Waals surface area contributed by atoms with Crippen LogP contribution in [0, 0.1) is 11.8 Å². The predicted octanol–water partition coefficient (Wildman–Crippen LogP) is 2.34. The maximum atomic E-state index is 11.9. The van der Waals surface area contributed by atoms with E-state index in [9.17, 15) is 4.79 Å². The molecule has 0 heterocycles. The number of carbonyl (C=O) groups is 1. The summed E-state index contributed by atoms with van der Waals surface area (Å²) in [6.45, 7) is 2.91. The van der Waals surface area contributed by atoms with Gasteiger partial charge < -0.3 is 10.4 Å². The molecule has 1 amide bonds. The molecule has 1 aromatic carbocycles. The van der Waals surface area contributed by atoms with Crippen LogP contribution < -0.4 is 5.32 Å². The first-order valence-electron chi connectivity index (χ1n) is 6.76. The van der Waals surface area contributed by atoms with Gasteiger partial charge in [0.15, 0.2) is 0 Å². The first-order valence-corrected chi connectivity index (χ1v) is 6.76. The lowest BCUT2D eigenvalue weighted by Crippen LogP contribution is -2.24. The van der Waals surface area contributed by atoms with Crippen molar-refractivity contribution in [1.82, 2.24) is 5.32 Å². The van der Waals surface area contributed by atoms with E-state index < -0.39 is 0 Å². The smallest absolute Gasteiger partial charge is 0.251 e. The molecule has 0 aliphatic heterocycles. The predicted molar refractivity (Wildman–Crippen MR) is 76.9 cm³/mol. The van der Waals surface area contributed by atoms with E-state index >= 15 is 0 Å². The highest BCUT2D eigenvalue weighted by Crippen LogP contribution is 2.04. The lowest BCUT2D eigenvalue weighted by Gasteiger charge is -2.04. The zero-order valence-corrected chi connectivity index (χ0v) is 11.4. The molecule has 2 N–H and O–H groups in total. The summed E-state index contributed by atoms with van der Waals surface area (Å²) in [5.74, 6) is 5.72. The molecule has 0 saturated carbocycles. The lowest BCUT2D eigenvalue weighted by molar-refractivity contribution is 0.0953. The molecule has 0 atom stereocenters. The molecule has 0 unspecified atom stereocenters. The van der Waals surface area contributed by atoms with Crippen LogP contribution in [-0.2, 0) is 0 Å². The van der Waals surface area contributed by atoms with Crippen LogP contribution in [0.15, 0.2) is 24.3 Å². The molecule has 0 fully saturated rings. The van der Waals surface area contributed by atoms with Gasteiger partial charge in [-0.05, 0) is 24.6 Å². The van der Waals surface area contributed by atoms with Crippen LogP contribution >= 0.6 is 0 Å². The number of hydrogen-bond acceptors (Lipinski definition) is 2. The largest absolute Gasteiger partial charge is 0.395 e. The topological polar surface area (TPSA) is 49.3 Å². The molecule has 1 aromatic rings. The molecule has 0 bridgehead atoms. The Labute approximate surface area is 115 Å². The molecular formula is C16H21NO2. The molecule has 0 aliphatic carbocycles. The molecule has 0 aromatic heterocycles. The molecule has 19 heavy (non-hydrogen) atoms. The molecule has 0 aliphatic rings. The number of aliphatic hydroxyl groups is 1. The van der Waals surface area contributed by atoms with Crippen molar-refractivity contribution in [3.8, 4) is 11.8 Å². The highest BCUT2D eigenvalue weighted by atomic mass is 16.2. The van der Waals surface area contributed by atoms with Crippen LogP contribution in [0.25, 0.3) is 0 Å². The van der Waals surface area contributed by atoms with Gasteiger partial charge in [0.2, 0.25) is 0 Å². The van der Waals surface area contributed by atoms with Gasteiger partial charge in [0, 0.05) is 24.1 Å². The molecule has 0 spiro atoms. The fourth-order valence-corrected chi connectivity index (χ4v) is 1.64. The van der Waals surface area contributed by atoms with E-state index in [-0.39, 0.29) is 12.5 Å². The summed E-state index contributed by atoms with van der Waals surface area (Å²) in [6.07, 6.45) is 3.74. The summed E-state index contributed by atoms with van der Waals surface area (Å²) in [7, 11) is 0. The molecule has 3 nitrogen and oxygen atoms in total. The SMILES string of the molecule is CCCCCNC(=O)c1cccc(C#CCCO)c1. The van der Waals surface area contributed by atoms with Crippen molar-refractivity contribution in [3.05, 3.63) is 35.4 Å². The van der Waals surface area contributed by atoms with Crippen molar-refractivity contribution >= 4 is 5.91 Å². The Bertz CT molecular complexity index is 457. The van der Waals surface area contributed by atoms with Crippen molar-refractivity contribution < 1.29 is 9.90 Å².